The Morgan fingerprint density at radius 3 is 2.36 bits per heavy atom. The smallest absolute Gasteiger partial charge is 0.323 e. The summed E-state index contributed by atoms with van der Waals surface area (Å²) < 4.78 is 5.61. The topological polar surface area (TPSA) is 102 Å². The van der Waals surface area contributed by atoms with E-state index in [1.807, 2.05) is 32.0 Å². The zero-order valence-electron chi connectivity index (χ0n) is 16.5. The van der Waals surface area contributed by atoms with E-state index in [1.165, 1.54) is 19.1 Å². The zero-order chi connectivity index (χ0) is 20.8. The molecule has 1 atom stereocenters. The number of benzene rings is 2. The number of nitrogens with one attached hydrogen (secondary N) is 1. The molecule has 0 bridgehead atoms. The fourth-order valence-corrected chi connectivity index (χ4v) is 2.80. The van der Waals surface area contributed by atoms with Crippen molar-refractivity contribution < 1.29 is 19.1 Å². The second kappa shape index (κ2) is 9.03. The molecule has 0 fully saturated rings. The van der Waals surface area contributed by atoms with Crippen LogP contribution in [-0.2, 0) is 14.4 Å². The number of nitrogen functional groups attached to an aromatic ring is 1. The van der Waals surface area contributed by atoms with E-state index in [-0.39, 0.29) is 5.69 Å². The summed E-state index contributed by atoms with van der Waals surface area (Å²) in [7, 11) is 0. The largest absolute Gasteiger partial charge is 0.494 e. The molecule has 0 aromatic heterocycles. The number of amides is 3. The highest BCUT2D eigenvalue weighted by Crippen LogP contribution is 2.26. The lowest BCUT2D eigenvalue weighted by Crippen LogP contribution is -2.46. The summed E-state index contributed by atoms with van der Waals surface area (Å²) in [5.74, 6) is -1.78. The van der Waals surface area contributed by atoms with Gasteiger partial charge in [0.05, 0.1) is 18.3 Å². The lowest BCUT2D eigenvalue weighted by atomic mass is 10.0. The minimum absolute atomic E-state index is 0.278. The third-order valence-corrected chi connectivity index (χ3v) is 4.14. The minimum Gasteiger partial charge on any atom is -0.494 e. The zero-order valence-corrected chi connectivity index (χ0v) is 16.5. The third-order valence-electron chi connectivity index (χ3n) is 4.14. The highest BCUT2D eigenvalue weighted by atomic mass is 16.5. The van der Waals surface area contributed by atoms with Gasteiger partial charge in [-0.05, 0) is 51.1 Å². The molecule has 0 aliphatic carbocycles. The lowest BCUT2D eigenvalue weighted by molar-refractivity contribution is -0.139. The SMILES string of the molecule is CCOc1ccc(C)cc1C(C)NC(=O)C(=O)N(C(C)=O)c1ccc(N)cc1. The highest BCUT2D eigenvalue weighted by molar-refractivity contribution is 6.45. The molecule has 2 aromatic rings. The minimum atomic E-state index is -0.963. The Labute approximate surface area is 164 Å². The molecule has 1 unspecified atom stereocenters. The van der Waals surface area contributed by atoms with Crippen molar-refractivity contribution in [3.05, 3.63) is 53.6 Å². The third kappa shape index (κ3) is 4.88. The van der Waals surface area contributed by atoms with Crippen LogP contribution >= 0.6 is 0 Å². The fourth-order valence-electron chi connectivity index (χ4n) is 2.80. The normalized spacial score (nSPS) is 11.4. The summed E-state index contributed by atoms with van der Waals surface area (Å²) in [6.45, 7) is 7.25. The van der Waals surface area contributed by atoms with Crippen LogP contribution in [0.4, 0.5) is 11.4 Å². The van der Waals surface area contributed by atoms with Crippen molar-refractivity contribution in [2.45, 2.75) is 33.7 Å². The Hall–Kier alpha value is -3.35. The predicted molar refractivity (Wildman–Crippen MR) is 108 cm³/mol. The Bertz CT molecular complexity index is 878. The number of aryl methyl sites for hydroxylation is 1. The maximum atomic E-state index is 12.6. The van der Waals surface area contributed by atoms with E-state index in [4.69, 9.17) is 10.5 Å². The molecule has 2 rings (SSSR count). The molecule has 0 heterocycles. The van der Waals surface area contributed by atoms with E-state index in [1.54, 1.807) is 19.1 Å². The molecular weight excluding hydrogens is 358 g/mol. The number of imide groups is 1. The van der Waals surface area contributed by atoms with Crippen LogP contribution in [0, 0.1) is 6.92 Å². The van der Waals surface area contributed by atoms with E-state index in [0.717, 1.165) is 16.0 Å². The van der Waals surface area contributed by atoms with Gasteiger partial charge in [-0.2, -0.15) is 0 Å². The average molecular weight is 383 g/mol. The van der Waals surface area contributed by atoms with Crippen molar-refractivity contribution in [3.8, 4) is 5.75 Å². The van der Waals surface area contributed by atoms with Gasteiger partial charge in [-0.15, -0.1) is 0 Å². The molecule has 0 radical (unpaired) electrons. The van der Waals surface area contributed by atoms with Crippen LogP contribution in [0.1, 0.15) is 37.9 Å². The van der Waals surface area contributed by atoms with Crippen LogP contribution in [0.2, 0.25) is 0 Å². The van der Waals surface area contributed by atoms with Crippen LogP contribution < -0.4 is 20.7 Å². The Morgan fingerprint density at radius 1 is 1.14 bits per heavy atom. The van der Waals surface area contributed by atoms with Crippen molar-refractivity contribution >= 4 is 29.1 Å². The summed E-state index contributed by atoms with van der Waals surface area (Å²) in [4.78, 5) is 38.0. The van der Waals surface area contributed by atoms with Crippen LogP contribution in [0.3, 0.4) is 0 Å². The molecule has 7 nitrogen and oxygen atoms in total. The maximum absolute atomic E-state index is 12.6. The van der Waals surface area contributed by atoms with Gasteiger partial charge in [0.15, 0.2) is 0 Å². The second-order valence-corrected chi connectivity index (χ2v) is 6.42. The molecule has 3 amide bonds. The van der Waals surface area contributed by atoms with Gasteiger partial charge >= 0.3 is 11.8 Å². The quantitative estimate of drug-likeness (QED) is 0.611. The molecule has 28 heavy (non-hydrogen) atoms. The van der Waals surface area contributed by atoms with E-state index >= 15 is 0 Å². The van der Waals surface area contributed by atoms with Gasteiger partial charge in [-0.1, -0.05) is 17.7 Å². The van der Waals surface area contributed by atoms with Crippen molar-refractivity contribution in [3.63, 3.8) is 0 Å². The van der Waals surface area contributed by atoms with Crippen molar-refractivity contribution in [1.29, 1.82) is 0 Å². The highest BCUT2D eigenvalue weighted by Gasteiger charge is 2.28. The number of rotatable bonds is 5. The molecule has 0 saturated carbocycles. The van der Waals surface area contributed by atoms with E-state index in [0.29, 0.717) is 18.0 Å². The monoisotopic (exact) mass is 383 g/mol. The van der Waals surface area contributed by atoms with Crippen molar-refractivity contribution in [2.24, 2.45) is 0 Å². The van der Waals surface area contributed by atoms with E-state index < -0.39 is 23.8 Å². The van der Waals surface area contributed by atoms with Gasteiger partial charge in [-0.3, -0.25) is 14.4 Å². The van der Waals surface area contributed by atoms with E-state index in [9.17, 15) is 14.4 Å². The molecule has 3 N–H and O–H groups in total. The summed E-state index contributed by atoms with van der Waals surface area (Å²) >= 11 is 0. The summed E-state index contributed by atoms with van der Waals surface area (Å²) in [5.41, 5.74) is 8.16. The fraction of sp³-hybridized carbons (Fsp3) is 0.286. The van der Waals surface area contributed by atoms with Gasteiger partial charge in [0, 0.05) is 18.2 Å². The molecule has 0 aliphatic rings. The summed E-state index contributed by atoms with van der Waals surface area (Å²) in [6.07, 6.45) is 0. The van der Waals surface area contributed by atoms with Crippen LogP contribution in [0.15, 0.2) is 42.5 Å². The van der Waals surface area contributed by atoms with Gasteiger partial charge in [0.25, 0.3) is 0 Å². The average Bonchev–Trinajstić information content (AvgIpc) is 2.64. The summed E-state index contributed by atoms with van der Waals surface area (Å²) in [5, 5.41) is 2.65. The molecule has 2 aromatic carbocycles. The Balaban J connectivity index is 2.23. The maximum Gasteiger partial charge on any atom is 0.323 e. The molecule has 148 valence electrons. The first-order valence-corrected chi connectivity index (χ1v) is 8.99. The van der Waals surface area contributed by atoms with Crippen LogP contribution in [0.25, 0.3) is 0 Å². The summed E-state index contributed by atoms with van der Waals surface area (Å²) in [6, 6.07) is 11.3. The number of nitrogens with two attached hydrogens (primary N) is 1. The first-order valence-electron chi connectivity index (χ1n) is 8.99. The second-order valence-electron chi connectivity index (χ2n) is 6.42. The lowest BCUT2D eigenvalue weighted by Gasteiger charge is -2.22. The molecule has 0 spiro atoms. The number of carbonyl (C=O) groups is 3. The first kappa shape index (κ1) is 21.0. The van der Waals surface area contributed by atoms with E-state index in [2.05, 4.69) is 5.32 Å². The Morgan fingerprint density at radius 2 is 1.79 bits per heavy atom. The van der Waals surface area contributed by atoms with Crippen molar-refractivity contribution in [2.75, 3.05) is 17.2 Å². The predicted octanol–water partition coefficient (Wildman–Crippen LogP) is 2.73. The van der Waals surface area contributed by atoms with Crippen LogP contribution in [-0.4, -0.2) is 24.3 Å². The number of hydrogen-bond acceptors (Lipinski definition) is 5. The molecular formula is C21H25N3O4. The first-order chi connectivity index (χ1) is 13.2. The van der Waals surface area contributed by atoms with Gasteiger partial charge in [-0.25, -0.2) is 4.90 Å². The molecule has 0 saturated heterocycles. The molecule has 0 aliphatic heterocycles. The number of hydrogen-bond donors (Lipinski definition) is 2. The van der Waals surface area contributed by atoms with Crippen LogP contribution in [0.5, 0.6) is 5.75 Å². The standard InChI is InChI=1S/C21H25N3O4/c1-5-28-19-11-6-13(2)12-18(19)14(3)23-20(26)21(27)24(15(4)25)17-9-7-16(22)8-10-17/h6-12,14H,5,22H2,1-4H3,(H,23,26). The van der Waals surface area contributed by atoms with Crippen molar-refractivity contribution in [1.82, 2.24) is 5.32 Å². The number of carbonyl (C=O) groups excluding carboxylic acids is 3. The van der Waals surface area contributed by atoms with Gasteiger partial charge in [0.1, 0.15) is 5.75 Å². The van der Waals surface area contributed by atoms with Gasteiger partial charge in [0.2, 0.25) is 5.91 Å². The van der Waals surface area contributed by atoms with Gasteiger partial charge < -0.3 is 15.8 Å². The number of ether oxygens (including phenoxy) is 1. The Kier molecular flexibility index (Phi) is 6.76. The number of anilines is 2. The molecule has 7 heteroatoms. The number of nitrogens with zero attached hydrogens (tertiary/aromatic N) is 1.